The highest BCUT2D eigenvalue weighted by Gasteiger charge is 2.28. The first-order valence-electron chi connectivity index (χ1n) is 8.34. The number of hydrogen-bond acceptors (Lipinski definition) is 6. The van der Waals surface area contributed by atoms with E-state index in [2.05, 4.69) is 34.7 Å². The van der Waals surface area contributed by atoms with Crippen LogP contribution in [-0.4, -0.2) is 37.9 Å². The predicted molar refractivity (Wildman–Crippen MR) is 90.5 cm³/mol. The third-order valence-electron chi connectivity index (χ3n) is 4.77. The lowest BCUT2D eigenvalue weighted by Crippen LogP contribution is -2.44. The van der Waals surface area contributed by atoms with E-state index in [1.807, 2.05) is 12.1 Å². The lowest BCUT2D eigenvalue weighted by molar-refractivity contribution is -0.120. The molecule has 1 aliphatic rings. The number of carbonyl (C=O) groups is 1. The Bertz CT molecular complexity index is 657. The smallest absolute Gasteiger partial charge is 0.230 e. The molecule has 8 heteroatoms. The van der Waals surface area contributed by atoms with Gasteiger partial charge >= 0.3 is 0 Å². The van der Waals surface area contributed by atoms with Crippen molar-refractivity contribution in [1.82, 2.24) is 25.5 Å². The van der Waals surface area contributed by atoms with Gasteiger partial charge in [-0.3, -0.25) is 4.79 Å². The number of rotatable bonds is 6. The van der Waals surface area contributed by atoms with Crippen LogP contribution in [-0.2, 0) is 11.3 Å². The summed E-state index contributed by atoms with van der Waals surface area (Å²) in [5, 5.41) is 15.4. The molecule has 0 aromatic carbocycles. The van der Waals surface area contributed by atoms with Crippen molar-refractivity contribution in [3.8, 4) is 0 Å². The summed E-state index contributed by atoms with van der Waals surface area (Å²) in [4.78, 5) is 12.3. The molecule has 2 heterocycles. The van der Waals surface area contributed by atoms with E-state index < -0.39 is 0 Å². The average molecular weight is 349 g/mol. The monoisotopic (exact) mass is 349 g/mol. The first-order valence-corrected chi connectivity index (χ1v) is 9.32. The maximum absolute atomic E-state index is 12.3. The second-order valence-corrected chi connectivity index (χ2v) is 7.37. The van der Waals surface area contributed by atoms with E-state index in [4.69, 9.17) is 4.42 Å². The fourth-order valence-electron chi connectivity index (χ4n) is 3.11. The van der Waals surface area contributed by atoms with Gasteiger partial charge in [0.2, 0.25) is 11.1 Å². The molecule has 0 spiro atoms. The van der Waals surface area contributed by atoms with Gasteiger partial charge < -0.3 is 9.73 Å². The van der Waals surface area contributed by atoms with Crippen molar-refractivity contribution in [2.24, 2.45) is 11.8 Å². The zero-order valence-corrected chi connectivity index (χ0v) is 14.8. The summed E-state index contributed by atoms with van der Waals surface area (Å²) < 4.78 is 6.95. The number of nitrogens with one attached hydrogen (secondary N) is 1. The van der Waals surface area contributed by atoms with Crippen LogP contribution in [0.5, 0.6) is 0 Å². The minimum absolute atomic E-state index is 0.0403. The van der Waals surface area contributed by atoms with Gasteiger partial charge in [0.15, 0.2) is 0 Å². The summed E-state index contributed by atoms with van der Waals surface area (Å²) in [6.07, 6.45) is 5.12. The van der Waals surface area contributed by atoms with E-state index in [-0.39, 0.29) is 11.9 Å². The molecular weight excluding hydrogens is 326 g/mol. The molecule has 7 nitrogen and oxygen atoms in total. The quantitative estimate of drug-likeness (QED) is 0.806. The van der Waals surface area contributed by atoms with Gasteiger partial charge in [-0.2, -0.15) is 0 Å². The molecule has 3 unspecified atom stereocenters. The number of amides is 1. The molecule has 130 valence electrons. The first kappa shape index (κ1) is 17.0. The molecule has 0 saturated heterocycles. The SMILES string of the molecule is CC1CCCC(NC(=O)CSc2nnnn2Cc2ccco2)C1C. The van der Waals surface area contributed by atoms with Crippen molar-refractivity contribution in [3.05, 3.63) is 24.2 Å². The third-order valence-corrected chi connectivity index (χ3v) is 5.73. The Morgan fingerprint density at radius 3 is 3.12 bits per heavy atom. The number of tetrazole rings is 1. The largest absolute Gasteiger partial charge is 0.467 e. The van der Waals surface area contributed by atoms with Crippen molar-refractivity contribution in [2.45, 2.75) is 50.9 Å². The van der Waals surface area contributed by atoms with Crippen LogP contribution in [0.2, 0.25) is 0 Å². The standard InChI is InChI=1S/C16H23N5O2S/c1-11-5-3-7-14(12(11)2)17-15(22)10-24-16-18-19-20-21(16)9-13-6-4-8-23-13/h4,6,8,11-12,14H,3,5,7,9-10H2,1-2H3,(H,17,22). The van der Waals surface area contributed by atoms with E-state index in [1.54, 1.807) is 10.9 Å². The summed E-state index contributed by atoms with van der Waals surface area (Å²) in [7, 11) is 0. The molecule has 1 aliphatic carbocycles. The highest BCUT2D eigenvalue weighted by molar-refractivity contribution is 7.99. The lowest BCUT2D eigenvalue weighted by atomic mass is 9.78. The zero-order chi connectivity index (χ0) is 16.9. The molecule has 1 fully saturated rings. The maximum atomic E-state index is 12.3. The van der Waals surface area contributed by atoms with Crippen LogP contribution in [0.4, 0.5) is 0 Å². The molecule has 1 N–H and O–H groups in total. The van der Waals surface area contributed by atoms with Gasteiger partial charge in [-0.25, -0.2) is 4.68 Å². The van der Waals surface area contributed by atoms with Crippen LogP contribution < -0.4 is 5.32 Å². The minimum atomic E-state index is 0.0403. The second kappa shape index (κ2) is 7.83. The van der Waals surface area contributed by atoms with Gasteiger partial charge in [-0.05, 0) is 40.8 Å². The van der Waals surface area contributed by atoms with Gasteiger partial charge in [0.25, 0.3) is 0 Å². The van der Waals surface area contributed by atoms with E-state index in [1.165, 1.54) is 24.6 Å². The minimum Gasteiger partial charge on any atom is -0.467 e. The number of nitrogens with zero attached hydrogens (tertiary/aromatic N) is 4. The van der Waals surface area contributed by atoms with Gasteiger partial charge in [0.1, 0.15) is 12.3 Å². The van der Waals surface area contributed by atoms with E-state index >= 15 is 0 Å². The molecule has 3 rings (SSSR count). The van der Waals surface area contributed by atoms with Crippen LogP contribution in [0.3, 0.4) is 0 Å². The zero-order valence-electron chi connectivity index (χ0n) is 14.0. The van der Waals surface area contributed by atoms with Crippen LogP contribution in [0.25, 0.3) is 0 Å². The summed E-state index contributed by atoms with van der Waals surface area (Å²) in [5.41, 5.74) is 0. The Morgan fingerprint density at radius 2 is 2.33 bits per heavy atom. The molecular formula is C16H23N5O2S. The molecule has 2 aromatic heterocycles. The highest BCUT2D eigenvalue weighted by atomic mass is 32.2. The van der Waals surface area contributed by atoms with Crippen LogP contribution in [0.15, 0.2) is 28.0 Å². The molecule has 0 aliphatic heterocycles. The number of aromatic nitrogens is 4. The lowest BCUT2D eigenvalue weighted by Gasteiger charge is -2.34. The topological polar surface area (TPSA) is 85.8 Å². The van der Waals surface area contributed by atoms with Gasteiger partial charge in [0, 0.05) is 6.04 Å². The molecule has 2 aromatic rings. The number of furan rings is 1. The van der Waals surface area contributed by atoms with Crippen molar-refractivity contribution in [3.63, 3.8) is 0 Å². The van der Waals surface area contributed by atoms with Crippen molar-refractivity contribution >= 4 is 17.7 Å². The van der Waals surface area contributed by atoms with Gasteiger partial charge in [-0.1, -0.05) is 38.5 Å². The molecule has 24 heavy (non-hydrogen) atoms. The van der Waals surface area contributed by atoms with E-state index in [9.17, 15) is 4.79 Å². The summed E-state index contributed by atoms with van der Waals surface area (Å²) in [5.74, 6) is 2.32. The maximum Gasteiger partial charge on any atom is 0.230 e. The number of thioether (sulfide) groups is 1. The van der Waals surface area contributed by atoms with Crippen molar-refractivity contribution < 1.29 is 9.21 Å². The highest BCUT2D eigenvalue weighted by Crippen LogP contribution is 2.29. The van der Waals surface area contributed by atoms with Gasteiger partial charge in [0.05, 0.1) is 12.0 Å². The van der Waals surface area contributed by atoms with Gasteiger partial charge in [-0.15, -0.1) is 5.10 Å². The Balaban J connectivity index is 1.51. The average Bonchev–Trinajstić information content (AvgIpc) is 3.22. The second-order valence-electron chi connectivity index (χ2n) is 6.43. The molecule has 0 bridgehead atoms. The fourth-order valence-corrected chi connectivity index (χ4v) is 3.80. The molecule has 1 amide bonds. The summed E-state index contributed by atoms with van der Waals surface area (Å²) in [6.45, 7) is 4.95. The fraction of sp³-hybridized carbons (Fsp3) is 0.625. The van der Waals surface area contributed by atoms with E-state index in [0.717, 1.165) is 12.2 Å². The predicted octanol–water partition coefficient (Wildman–Crippen LogP) is 2.35. The Morgan fingerprint density at radius 1 is 1.46 bits per heavy atom. The molecule has 0 radical (unpaired) electrons. The Labute approximate surface area is 145 Å². The van der Waals surface area contributed by atoms with Crippen molar-refractivity contribution in [2.75, 3.05) is 5.75 Å². The Hall–Kier alpha value is -1.83. The Kier molecular flexibility index (Phi) is 5.55. The summed E-state index contributed by atoms with van der Waals surface area (Å²) in [6, 6.07) is 3.97. The van der Waals surface area contributed by atoms with Crippen LogP contribution >= 0.6 is 11.8 Å². The van der Waals surface area contributed by atoms with Crippen LogP contribution in [0, 0.1) is 11.8 Å². The first-order chi connectivity index (χ1) is 11.6. The normalized spacial score (nSPS) is 24.0. The van der Waals surface area contributed by atoms with E-state index in [0.29, 0.717) is 29.3 Å². The third kappa shape index (κ3) is 4.17. The molecule has 3 atom stereocenters. The number of carbonyl (C=O) groups excluding carboxylic acids is 1. The number of hydrogen-bond donors (Lipinski definition) is 1. The molecule has 1 saturated carbocycles. The van der Waals surface area contributed by atoms with Crippen LogP contribution in [0.1, 0.15) is 38.9 Å². The summed E-state index contributed by atoms with van der Waals surface area (Å²) >= 11 is 1.35. The van der Waals surface area contributed by atoms with Crippen molar-refractivity contribution in [1.29, 1.82) is 0 Å².